The summed E-state index contributed by atoms with van der Waals surface area (Å²) in [5.41, 5.74) is 0.842. The molecule has 1 N–H and O–H groups in total. The van der Waals surface area contributed by atoms with E-state index < -0.39 is 12.0 Å². The Hall–Kier alpha value is -1.77. The quantitative estimate of drug-likeness (QED) is 0.915. The average molecular weight is 281 g/mol. The molecular weight excluding hydrogens is 268 g/mol. The maximum absolute atomic E-state index is 11.3. The van der Waals surface area contributed by atoms with E-state index in [0.29, 0.717) is 29.2 Å². The molecule has 0 amide bonds. The standard InChI is InChI=1S/C13H13ClN2O3/c1-19-8-5-12(13(17)18)16(7-8)11-4-2-3-10(14)9(11)6-15/h2-4,8,12H,5,7H2,1H3,(H,17,18). The number of nitriles is 1. The summed E-state index contributed by atoms with van der Waals surface area (Å²) in [5, 5.41) is 18.8. The van der Waals surface area contributed by atoms with Crippen LogP contribution < -0.4 is 4.90 Å². The molecule has 0 spiro atoms. The summed E-state index contributed by atoms with van der Waals surface area (Å²) in [6, 6.07) is 6.35. The lowest BCUT2D eigenvalue weighted by Gasteiger charge is -2.24. The van der Waals surface area contributed by atoms with E-state index in [4.69, 9.17) is 21.6 Å². The van der Waals surface area contributed by atoms with Gasteiger partial charge in [-0.15, -0.1) is 0 Å². The van der Waals surface area contributed by atoms with Crippen LogP contribution in [0.3, 0.4) is 0 Å². The van der Waals surface area contributed by atoms with Gasteiger partial charge in [0.1, 0.15) is 12.1 Å². The number of aliphatic carboxylic acids is 1. The van der Waals surface area contributed by atoms with Crippen molar-refractivity contribution < 1.29 is 14.6 Å². The summed E-state index contributed by atoms with van der Waals surface area (Å²) >= 11 is 5.98. The zero-order valence-corrected chi connectivity index (χ0v) is 11.1. The van der Waals surface area contributed by atoms with Crippen LogP contribution in [0.25, 0.3) is 0 Å². The van der Waals surface area contributed by atoms with Gasteiger partial charge in [0.2, 0.25) is 0 Å². The van der Waals surface area contributed by atoms with E-state index in [9.17, 15) is 9.90 Å². The van der Waals surface area contributed by atoms with Crippen molar-refractivity contribution in [2.24, 2.45) is 0 Å². The molecule has 1 fully saturated rings. The van der Waals surface area contributed by atoms with Crippen LogP contribution in [0.2, 0.25) is 5.02 Å². The number of carboxylic acids is 1. The molecule has 2 rings (SSSR count). The fraction of sp³-hybridized carbons (Fsp3) is 0.385. The molecule has 0 bridgehead atoms. The molecule has 1 aliphatic heterocycles. The van der Waals surface area contributed by atoms with Gasteiger partial charge >= 0.3 is 5.97 Å². The lowest BCUT2D eigenvalue weighted by atomic mass is 10.1. The van der Waals surface area contributed by atoms with Crippen LogP contribution in [0, 0.1) is 11.3 Å². The average Bonchev–Trinajstić information content (AvgIpc) is 2.82. The molecular formula is C13H13ClN2O3. The molecule has 2 unspecified atom stereocenters. The van der Waals surface area contributed by atoms with Crippen molar-refractivity contribution in [1.29, 1.82) is 5.26 Å². The topological polar surface area (TPSA) is 73.6 Å². The third-order valence-corrected chi connectivity index (χ3v) is 3.61. The van der Waals surface area contributed by atoms with Crippen LogP contribution in [0.4, 0.5) is 5.69 Å². The number of nitrogens with zero attached hydrogens (tertiary/aromatic N) is 2. The first-order chi connectivity index (χ1) is 9.08. The van der Waals surface area contributed by atoms with Gasteiger partial charge in [0.15, 0.2) is 0 Å². The summed E-state index contributed by atoms with van der Waals surface area (Å²) < 4.78 is 5.23. The van der Waals surface area contributed by atoms with E-state index in [0.717, 1.165) is 0 Å². The Labute approximate surface area is 116 Å². The Morgan fingerprint density at radius 3 is 2.95 bits per heavy atom. The van der Waals surface area contributed by atoms with Crippen LogP contribution in [0.15, 0.2) is 18.2 Å². The third-order valence-electron chi connectivity index (χ3n) is 3.29. The van der Waals surface area contributed by atoms with Gasteiger partial charge in [-0.3, -0.25) is 0 Å². The fourth-order valence-electron chi connectivity index (χ4n) is 2.33. The number of ether oxygens (including phenoxy) is 1. The number of rotatable bonds is 3. The highest BCUT2D eigenvalue weighted by molar-refractivity contribution is 6.32. The lowest BCUT2D eigenvalue weighted by Crippen LogP contribution is -2.36. The minimum Gasteiger partial charge on any atom is -0.480 e. The molecule has 1 heterocycles. The zero-order chi connectivity index (χ0) is 14.0. The number of carbonyl (C=O) groups is 1. The van der Waals surface area contributed by atoms with Gasteiger partial charge in [0.05, 0.1) is 22.4 Å². The van der Waals surface area contributed by atoms with E-state index in [1.807, 2.05) is 6.07 Å². The van der Waals surface area contributed by atoms with Crippen molar-refractivity contribution >= 4 is 23.3 Å². The lowest BCUT2D eigenvalue weighted by molar-refractivity contribution is -0.138. The minimum atomic E-state index is -0.927. The van der Waals surface area contributed by atoms with Gasteiger partial charge in [0.25, 0.3) is 0 Å². The molecule has 1 saturated heterocycles. The van der Waals surface area contributed by atoms with Crippen LogP contribution in [0.5, 0.6) is 0 Å². The third kappa shape index (κ3) is 2.50. The molecule has 19 heavy (non-hydrogen) atoms. The van der Waals surface area contributed by atoms with Crippen LogP contribution in [-0.4, -0.2) is 36.9 Å². The van der Waals surface area contributed by atoms with Gasteiger partial charge in [0, 0.05) is 20.1 Å². The maximum Gasteiger partial charge on any atom is 0.326 e. The largest absolute Gasteiger partial charge is 0.480 e. The first-order valence-corrected chi connectivity index (χ1v) is 6.17. The number of carboxylic acid groups (broad SMARTS) is 1. The monoisotopic (exact) mass is 280 g/mol. The highest BCUT2D eigenvalue weighted by Crippen LogP contribution is 2.32. The van der Waals surface area contributed by atoms with Crippen LogP contribution in [-0.2, 0) is 9.53 Å². The SMILES string of the molecule is COC1CC(C(=O)O)N(c2cccc(Cl)c2C#N)C1. The minimum absolute atomic E-state index is 0.161. The van der Waals surface area contributed by atoms with Crippen molar-refractivity contribution in [3.8, 4) is 6.07 Å². The highest BCUT2D eigenvalue weighted by Gasteiger charge is 2.38. The summed E-state index contributed by atoms with van der Waals surface area (Å²) in [5.74, 6) is -0.927. The van der Waals surface area contributed by atoms with Crippen LogP contribution >= 0.6 is 11.6 Å². The van der Waals surface area contributed by atoms with E-state index in [1.165, 1.54) is 0 Å². The molecule has 1 aliphatic rings. The van der Waals surface area contributed by atoms with E-state index in [2.05, 4.69) is 0 Å². The molecule has 2 atom stereocenters. The molecule has 5 nitrogen and oxygen atoms in total. The molecule has 100 valence electrons. The van der Waals surface area contributed by atoms with Crippen molar-refractivity contribution in [1.82, 2.24) is 0 Å². The molecule has 1 aromatic rings. The second kappa shape index (κ2) is 5.47. The van der Waals surface area contributed by atoms with Crippen LogP contribution in [0.1, 0.15) is 12.0 Å². The van der Waals surface area contributed by atoms with Gasteiger partial charge in [-0.25, -0.2) is 4.79 Å². The fourth-order valence-corrected chi connectivity index (χ4v) is 2.54. The number of hydrogen-bond acceptors (Lipinski definition) is 4. The second-order valence-corrected chi connectivity index (χ2v) is 4.75. The van der Waals surface area contributed by atoms with Gasteiger partial charge < -0.3 is 14.7 Å². The van der Waals surface area contributed by atoms with Gasteiger partial charge in [-0.05, 0) is 12.1 Å². The van der Waals surface area contributed by atoms with Gasteiger partial charge in [-0.1, -0.05) is 17.7 Å². The molecule has 6 heteroatoms. The summed E-state index contributed by atoms with van der Waals surface area (Å²) in [6.45, 7) is 0.433. The van der Waals surface area contributed by atoms with Crippen molar-refractivity contribution in [2.75, 3.05) is 18.6 Å². The normalized spacial score (nSPS) is 22.3. The molecule has 0 aromatic heterocycles. The first kappa shape index (κ1) is 13.7. The van der Waals surface area contributed by atoms with Crippen molar-refractivity contribution in [3.05, 3.63) is 28.8 Å². The summed E-state index contributed by atoms with van der Waals surface area (Å²) in [4.78, 5) is 13.0. The first-order valence-electron chi connectivity index (χ1n) is 5.79. The zero-order valence-electron chi connectivity index (χ0n) is 10.3. The Bertz CT molecular complexity index is 541. The Balaban J connectivity index is 2.43. The number of hydrogen-bond donors (Lipinski definition) is 1. The van der Waals surface area contributed by atoms with E-state index in [-0.39, 0.29) is 6.10 Å². The molecule has 0 radical (unpaired) electrons. The number of halogens is 1. The molecule has 1 aromatic carbocycles. The predicted molar refractivity (Wildman–Crippen MR) is 70.4 cm³/mol. The Kier molecular flexibility index (Phi) is 3.93. The number of anilines is 1. The smallest absolute Gasteiger partial charge is 0.326 e. The Morgan fingerprint density at radius 2 is 2.37 bits per heavy atom. The highest BCUT2D eigenvalue weighted by atomic mass is 35.5. The Morgan fingerprint density at radius 1 is 1.63 bits per heavy atom. The molecule has 0 saturated carbocycles. The van der Waals surface area contributed by atoms with Gasteiger partial charge in [-0.2, -0.15) is 5.26 Å². The number of benzene rings is 1. The number of methoxy groups -OCH3 is 1. The van der Waals surface area contributed by atoms with Crippen molar-refractivity contribution in [3.63, 3.8) is 0 Å². The maximum atomic E-state index is 11.3. The van der Waals surface area contributed by atoms with E-state index in [1.54, 1.807) is 30.2 Å². The summed E-state index contributed by atoms with van der Waals surface area (Å²) in [7, 11) is 1.55. The summed E-state index contributed by atoms with van der Waals surface area (Å²) in [6.07, 6.45) is 0.232. The van der Waals surface area contributed by atoms with E-state index >= 15 is 0 Å². The van der Waals surface area contributed by atoms with Crippen molar-refractivity contribution in [2.45, 2.75) is 18.6 Å². The predicted octanol–water partition coefficient (Wildman–Crippen LogP) is 1.89. The second-order valence-electron chi connectivity index (χ2n) is 4.35. The molecule has 0 aliphatic carbocycles.